The molecule has 0 bridgehead atoms. The zero-order chi connectivity index (χ0) is 20.1. The number of hydrogen-bond donors (Lipinski definition) is 1. The Balaban J connectivity index is 1.67. The molecule has 0 saturated carbocycles. The number of amides is 1. The third-order valence-corrected chi connectivity index (χ3v) is 5.14. The number of benzene rings is 3. The average molecular weight is 376 g/mol. The van der Waals surface area contributed by atoms with E-state index in [1.54, 1.807) is 0 Å². The van der Waals surface area contributed by atoms with Crippen molar-refractivity contribution in [2.45, 2.75) is 12.5 Å². The molecule has 1 atom stereocenters. The van der Waals surface area contributed by atoms with Gasteiger partial charge < -0.3 is 15.1 Å². The van der Waals surface area contributed by atoms with E-state index in [1.165, 1.54) is 16.6 Å². The Hall–Kier alpha value is -2.85. The van der Waals surface area contributed by atoms with E-state index in [1.807, 2.05) is 52.5 Å². The highest BCUT2D eigenvalue weighted by Crippen LogP contribution is 2.22. The quantitative estimate of drug-likeness (QED) is 0.681. The van der Waals surface area contributed by atoms with Gasteiger partial charge in [-0.1, -0.05) is 54.6 Å². The lowest BCUT2D eigenvalue weighted by Gasteiger charge is -2.26. The highest BCUT2D eigenvalue weighted by molar-refractivity contribution is 5.90. The Morgan fingerprint density at radius 2 is 1.57 bits per heavy atom. The fraction of sp³-hybridized carbons (Fsp3) is 0.292. The molecule has 0 aromatic heterocycles. The van der Waals surface area contributed by atoms with Gasteiger partial charge in [0.15, 0.2) is 0 Å². The number of fused-ring (bicyclic) bond motifs is 1. The minimum Gasteiger partial charge on any atom is -0.378 e. The number of rotatable bonds is 7. The van der Waals surface area contributed by atoms with Crippen molar-refractivity contribution in [3.63, 3.8) is 0 Å². The minimum atomic E-state index is 0.0492. The Kier molecular flexibility index (Phi) is 6.32. The zero-order valence-corrected chi connectivity index (χ0v) is 17.1. The number of hydrogen-bond acceptors (Lipinski definition) is 3. The largest absolute Gasteiger partial charge is 0.378 e. The maximum absolute atomic E-state index is 12.6. The summed E-state index contributed by atoms with van der Waals surface area (Å²) in [7, 11) is 8.15. The van der Waals surface area contributed by atoms with E-state index in [2.05, 4.69) is 57.6 Å². The molecule has 0 saturated heterocycles. The van der Waals surface area contributed by atoms with Crippen LogP contribution >= 0.6 is 0 Å². The van der Waals surface area contributed by atoms with Gasteiger partial charge in [-0.3, -0.25) is 4.79 Å². The number of nitrogens with zero attached hydrogens (tertiary/aromatic N) is 2. The molecule has 28 heavy (non-hydrogen) atoms. The lowest BCUT2D eigenvalue weighted by Crippen LogP contribution is -2.35. The fourth-order valence-corrected chi connectivity index (χ4v) is 3.49. The van der Waals surface area contributed by atoms with E-state index in [-0.39, 0.29) is 11.9 Å². The summed E-state index contributed by atoms with van der Waals surface area (Å²) in [5, 5.41) is 5.43. The SMILES string of the molecule is CN(C)c1ccc([C@@H](CNC(=O)Cc2cccc3ccccc23)N(C)C)cc1. The third kappa shape index (κ3) is 4.70. The normalized spacial score (nSPS) is 12.2. The predicted octanol–water partition coefficient (Wildman–Crippen LogP) is 3.87. The van der Waals surface area contributed by atoms with Crippen molar-refractivity contribution in [2.24, 2.45) is 0 Å². The molecule has 1 N–H and O–H groups in total. The molecule has 0 fully saturated rings. The van der Waals surface area contributed by atoms with Gasteiger partial charge in [-0.15, -0.1) is 0 Å². The second kappa shape index (κ2) is 8.89. The molecule has 0 aliphatic rings. The zero-order valence-electron chi connectivity index (χ0n) is 17.1. The molecule has 3 rings (SSSR count). The van der Waals surface area contributed by atoms with E-state index in [9.17, 15) is 4.79 Å². The van der Waals surface area contributed by atoms with Crippen molar-refractivity contribution in [3.8, 4) is 0 Å². The maximum atomic E-state index is 12.6. The van der Waals surface area contributed by atoms with Crippen LogP contribution in [0.5, 0.6) is 0 Å². The van der Waals surface area contributed by atoms with Crippen molar-refractivity contribution < 1.29 is 4.79 Å². The molecular weight excluding hydrogens is 346 g/mol. The van der Waals surface area contributed by atoms with Crippen LogP contribution < -0.4 is 10.2 Å². The topological polar surface area (TPSA) is 35.6 Å². The van der Waals surface area contributed by atoms with Gasteiger partial charge in [0.05, 0.1) is 12.5 Å². The van der Waals surface area contributed by atoms with Crippen LogP contribution in [-0.4, -0.2) is 45.5 Å². The van der Waals surface area contributed by atoms with E-state index in [0.29, 0.717) is 13.0 Å². The van der Waals surface area contributed by atoms with Crippen LogP contribution in [0.4, 0.5) is 5.69 Å². The molecular formula is C24H29N3O. The van der Waals surface area contributed by atoms with Crippen LogP contribution in [0.1, 0.15) is 17.2 Å². The van der Waals surface area contributed by atoms with Crippen molar-refractivity contribution in [3.05, 3.63) is 77.9 Å². The second-order valence-corrected chi connectivity index (χ2v) is 7.58. The molecule has 1 amide bonds. The first-order valence-corrected chi connectivity index (χ1v) is 9.63. The number of carbonyl (C=O) groups excluding carboxylic acids is 1. The number of nitrogens with one attached hydrogen (secondary N) is 1. The van der Waals surface area contributed by atoms with Crippen LogP contribution in [0.15, 0.2) is 66.7 Å². The second-order valence-electron chi connectivity index (χ2n) is 7.58. The van der Waals surface area contributed by atoms with Crippen molar-refractivity contribution in [2.75, 3.05) is 39.6 Å². The fourth-order valence-electron chi connectivity index (χ4n) is 3.49. The summed E-state index contributed by atoms with van der Waals surface area (Å²) in [5.74, 6) is 0.0492. The lowest BCUT2D eigenvalue weighted by atomic mass is 10.0. The van der Waals surface area contributed by atoms with Gasteiger partial charge in [-0.05, 0) is 48.1 Å². The van der Waals surface area contributed by atoms with Crippen molar-refractivity contribution >= 4 is 22.4 Å². The summed E-state index contributed by atoms with van der Waals surface area (Å²) in [6.07, 6.45) is 0.390. The molecule has 0 spiro atoms. The highest BCUT2D eigenvalue weighted by Gasteiger charge is 2.16. The Labute approximate surface area is 167 Å². The highest BCUT2D eigenvalue weighted by atomic mass is 16.1. The first-order valence-electron chi connectivity index (χ1n) is 9.63. The maximum Gasteiger partial charge on any atom is 0.224 e. The van der Waals surface area contributed by atoms with Gasteiger partial charge in [0.1, 0.15) is 0 Å². The van der Waals surface area contributed by atoms with Gasteiger partial charge >= 0.3 is 0 Å². The molecule has 4 nitrogen and oxygen atoms in total. The van der Waals surface area contributed by atoms with Crippen LogP contribution in [0.3, 0.4) is 0 Å². The Morgan fingerprint density at radius 3 is 2.25 bits per heavy atom. The van der Waals surface area contributed by atoms with E-state index < -0.39 is 0 Å². The molecule has 0 unspecified atom stereocenters. The average Bonchev–Trinajstić information content (AvgIpc) is 2.68. The summed E-state index contributed by atoms with van der Waals surface area (Å²) in [6, 6.07) is 23.0. The predicted molar refractivity (Wildman–Crippen MR) is 118 cm³/mol. The molecule has 4 heteroatoms. The summed E-state index contributed by atoms with van der Waals surface area (Å²) < 4.78 is 0. The van der Waals surface area contributed by atoms with Crippen LogP contribution in [0, 0.1) is 0 Å². The smallest absolute Gasteiger partial charge is 0.224 e. The molecule has 0 aliphatic heterocycles. The first-order chi connectivity index (χ1) is 13.5. The van der Waals surface area contributed by atoms with Gasteiger partial charge in [-0.25, -0.2) is 0 Å². The summed E-state index contributed by atoms with van der Waals surface area (Å²) in [5.41, 5.74) is 3.43. The first kappa shape index (κ1) is 19.9. The number of likely N-dealkylation sites (N-methyl/N-ethyl adjacent to an activating group) is 1. The van der Waals surface area contributed by atoms with E-state index in [0.717, 1.165) is 10.9 Å². The van der Waals surface area contributed by atoms with Crippen LogP contribution in [-0.2, 0) is 11.2 Å². The molecule has 0 heterocycles. The summed E-state index contributed by atoms with van der Waals surface area (Å²) in [6.45, 7) is 0.581. The molecule has 3 aromatic rings. The molecule has 3 aromatic carbocycles. The van der Waals surface area contributed by atoms with Gasteiger partial charge in [-0.2, -0.15) is 0 Å². The monoisotopic (exact) mass is 375 g/mol. The molecule has 146 valence electrons. The standard InChI is InChI=1S/C24H29N3O/c1-26(2)21-14-12-19(13-15-21)23(27(3)4)17-25-24(28)16-20-10-7-9-18-8-5-6-11-22(18)20/h5-15,23H,16-17H2,1-4H3,(H,25,28)/t23-/m1/s1. The van der Waals surface area contributed by atoms with Gasteiger partial charge in [0.25, 0.3) is 0 Å². The van der Waals surface area contributed by atoms with E-state index >= 15 is 0 Å². The molecule has 0 radical (unpaired) electrons. The van der Waals surface area contributed by atoms with E-state index in [4.69, 9.17) is 0 Å². The third-order valence-electron chi connectivity index (χ3n) is 5.14. The van der Waals surface area contributed by atoms with Crippen LogP contribution in [0.2, 0.25) is 0 Å². The summed E-state index contributed by atoms with van der Waals surface area (Å²) >= 11 is 0. The number of anilines is 1. The Morgan fingerprint density at radius 1 is 0.893 bits per heavy atom. The Bertz CT molecular complexity index is 927. The summed E-state index contributed by atoms with van der Waals surface area (Å²) in [4.78, 5) is 16.8. The van der Waals surface area contributed by atoms with Crippen molar-refractivity contribution in [1.82, 2.24) is 10.2 Å². The van der Waals surface area contributed by atoms with Gasteiger partial charge in [0.2, 0.25) is 5.91 Å². The number of carbonyl (C=O) groups is 1. The lowest BCUT2D eigenvalue weighted by molar-refractivity contribution is -0.120. The van der Waals surface area contributed by atoms with Crippen LogP contribution in [0.25, 0.3) is 10.8 Å². The van der Waals surface area contributed by atoms with Crippen molar-refractivity contribution in [1.29, 1.82) is 0 Å². The van der Waals surface area contributed by atoms with Gasteiger partial charge in [0, 0.05) is 26.3 Å². The minimum absolute atomic E-state index is 0.0492. The molecule has 0 aliphatic carbocycles.